The molecule has 0 aliphatic heterocycles. The number of unbranched alkanes of at least 4 members (excludes halogenated alkanes) is 9. The van der Waals surface area contributed by atoms with Crippen LogP contribution in [0.4, 0.5) is 0 Å². The van der Waals surface area contributed by atoms with Gasteiger partial charge in [0.25, 0.3) is 0 Å². The summed E-state index contributed by atoms with van der Waals surface area (Å²) in [6.45, 7) is 8.65. The fourth-order valence-corrected chi connectivity index (χ4v) is 3.12. The van der Waals surface area contributed by atoms with E-state index in [4.69, 9.17) is 14.2 Å². The quantitative estimate of drug-likeness (QED) is 0.0589. The lowest BCUT2D eigenvalue weighted by Crippen LogP contribution is -2.31. The van der Waals surface area contributed by atoms with Crippen molar-refractivity contribution in [3.63, 3.8) is 0 Å². The normalized spacial score (nSPS) is 13.1. The van der Waals surface area contributed by atoms with Crippen LogP contribution in [0.5, 0.6) is 0 Å². The van der Waals surface area contributed by atoms with Crippen molar-refractivity contribution < 1.29 is 28.6 Å². The fraction of sp³-hybridized carbons (Fsp3) is 0.690. The zero-order valence-corrected chi connectivity index (χ0v) is 22.7. The highest BCUT2D eigenvalue weighted by Gasteiger charge is 2.20. The van der Waals surface area contributed by atoms with E-state index in [1.54, 1.807) is 39.8 Å². The molecule has 0 bridgehead atoms. The molecule has 0 aromatic rings. The molecule has 0 spiro atoms. The van der Waals surface area contributed by atoms with Crippen molar-refractivity contribution in [2.24, 2.45) is 0 Å². The molecule has 0 aromatic heterocycles. The van der Waals surface area contributed by atoms with Gasteiger partial charge in [-0.1, -0.05) is 69.8 Å². The van der Waals surface area contributed by atoms with Gasteiger partial charge >= 0.3 is 17.9 Å². The molecule has 0 fully saturated rings. The van der Waals surface area contributed by atoms with Gasteiger partial charge in [-0.15, -0.1) is 0 Å². The Labute approximate surface area is 213 Å². The van der Waals surface area contributed by atoms with E-state index < -0.39 is 18.0 Å². The highest BCUT2D eigenvalue weighted by atomic mass is 16.6. The standard InChI is InChI=1S/C29H48O6/c1-6-9-10-11-12-13-14-15-16-17-18-19-20-21-27(30)33-22-26(35-29(32)25(5)8-3)23-34-28(31)24(4)7-2/h7-8,13-14,26H,6,9-12,15-23H2,1-5H3/b14-13-,24-7+,25-8+/t26-/m1/s1. The van der Waals surface area contributed by atoms with Gasteiger partial charge in [0.15, 0.2) is 6.10 Å². The van der Waals surface area contributed by atoms with Gasteiger partial charge in [-0.2, -0.15) is 0 Å². The van der Waals surface area contributed by atoms with Crippen LogP contribution in [0.25, 0.3) is 0 Å². The molecule has 6 nitrogen and oxygen atoms in total. The highest BCUT2D eigenvalue weighted by molar-refractivity contribution is 5.88. The van der Waals surface area contributed by atoms with Crippen LogP contribution in [0.2, 0.25) is 0 Å². The Morgan fingerprint density at radius 3 is 1.80 bits per heavy atom. The molecule has 0 heterocycles. The first-order valence-corrected chi connectivity index (χ1v) is 13.3. The van der Waals surface area contributed by atoms with E-state index in [9.17, 15) is 14.4 Å². The minimum Gasteiger partial charge on any atom is -0.462 e. The topological polar surface area (TPSA) is 78.9 Å². The van der Waals surface area contributed by atoms with E-state index in [2.05, 4.69) is 19.1 Å². The van der Waals surface area contributed by atoms with Crippen LogP contribution < -0.4 is 0 Å². The van der Waals surface area contributed by atoms with Crippen molar-refractivity contribution in [2.45, 2.75) is 118 Å². The number of esters is 3. The SMILES string of the molecule is C/C=C(\C)C(=O)OC[C@@H](COC(=O)CCCCCCC/C=C\CCCCCC)OC(=O)/C(C)=C/C. The molecule has 0 radical (unpaired) electrons. The van der Waals surface area contributed by atoms with Crippen LogP contribution in [-0.2, 0) is 28.6 Å². The van der Waals surface area contributed by atoms with E-state index >= 15 is 0 Å². The predicted octanol–water partition coefficient (Wildman–Crippen LogP) is 7.17. The molecule has 6 heteroatoms. The van der Waals surface area contributed by atoms with Gasteiger partial charge in [-0.3, -0.25) is 4.79 Å². The van der Waals surface area contributed by atoms with Crippen molar-refractivity contribution in [1.82, 2.24) is 0 Å². The summed E-state index contributed by atoms with van der Waals surface area (Å²) >= 11 is 0. The zero-order chi connectivity index (χ0) is 26.3. The third kappa shape index (κ3) is 18.6. The van der Waals surface area contributed by atoms with Gasteiger partial charge in [0, 0.05) is 17.6 Å². The maximum absolute atomic E-state index is 12.1. The number of carbonyl (C=O) groups is 3. The Hall–Kier alpha value is -2.37. The first-order valence-electron chi connectivity index (χ1n) is 13.3. The van der Waals surface area contributed by atoms with Crippen molar-refractivity contribution in [1.29, 1.82) is 0 Å². The molecule has 0 aromatic carbocycles. The van der Waals surface area contributed by atoms with E-state index in [-0.39, 0.29) is 19.2 Å². The molecule has 0 unspecified atom stereocenters. The van der Waals surface area contributed by atoms with Crippen molar-refractivity contribution in [3.8, 4) is 0 Å². The average molecular weight is 493 g/mol. The van der Waals surface area contributed by atoms with Crippen molar-refractivity contribution >= 4 is 17.9 Å². The van der Waals surface area contributed by atoms with E-state index in [0.717, 1.165) is 32.1 Å². The van der Waals surface area contributed by atoms with Crippen molar-refractivity contribution in [2.75, 3.05) is 13.2 Å². The summed E-state index contributed by atoms with van der Waals surface area (Å²) in [5, 5.41) is 0. The van der Waals surface area contributed by atoms with Gasteiger partial charge in [0.1, 0.15) is 13.2 Å². The minimum absolute atomic E-state index is 0.144. The highest BCUT2D eigenvalue weighted by Crippen LogP contribution is 2.10. The first kappa shape index (κ1) is 32.6. The zero-order valence-electron chi connectivity index (χ0n) is 22.7. The molecule has 0 amide bonds. The molecule has 35 heavy (non-hydrogen) atoms. The second-order valence-corrected chi connectivity index (χ2v) is 8.88. The number of allylic oxidation sites excluding steroid dienone is 4. The van der Waals surface area contributed by atoms with Crippen LogP contribution in [0.15, 0.2) is 35.5 Å². The predicted molar refractivity (Wildman–Crippen MR) is 141 cm³/mol. The lowest BCUT2D eigenvalue weighted by Gasteiger charge is -2.18. The molecule has 0 rings (SSSR count). The molecule has 0 aliphatic rings. The average Bonchev–Trinajstić information content (AvgIpc) is 2.86. The summed E-state index contributed by atoms with van der Waals surface area (Å²) in [5.41, 5.74) is 0.884. The maximum atomic E-state index is 12.1. The monoisotopic (exact) mass is 492 g/mol. The summed E-state index contributed by atoms with van der Waals surface area (Å²) in [6, 6.07) is 0. The Morgan fingerprint density at radius 2 is 1.20 bits per heavy atom. The molecular weight excluding hydrogens is 444 g/mol. The van der Waals surface area contributed by atoms with Gasteiger partial charge in [0.2, 0.25) is 0 Å². The molecule has 0 aliphatic carbocycles. The van der Waals surface area contributed by atoms with Gasteiger partial charge in [0.05, 0.1) is 0 Å². The molecule has 0 N–H and O–H groups in total. The number of carbonyl (C=O) groups excluding carboxylic acids is 3. The Kier molecular flexibility index (Phi) is 20.6. The summed E-state index contributed by atoms with van der Waals surface area (Å²) in [6.07, 6.45) is 20.1. The Bertz CT molecular complexity index is 689. The lowest BCUT2D eigenvalue weighted by molar-refractivity contribution is -0.163. The van der Waals surface area contributed by atoms with Crippen LogP contribution in [0, 0.1) is 0 Å². The summed E-state index contributed by atoms with van der Waals surface area (Å²) in [4.78, 5) is 36.1. The third-order valence-electron chi connectivity index (χ3n) is 5.76. The molecule has 1 atom stereocenters. The second kappa shape index (κ2) is 22.1. The number of hydrogen-bond donors (Lipinski definition) is 0. The van der Waals surface area contributed by atoms with Gasteiger partial charge < -0.3 is 14.2 Å². The van der Waals surface area contributed by atoms with Crippen LogP contribution >= 0.6 is 0 Å². The number of hydrogen-bond acceptors (Lipinski definition) is 6. The molecule has 0 saturated carbocycles. The third-order valence-corrected chi connectivity index (χ3v) is 5.76. The van der Waals surface area contributed by atoms with E-state index in [1.165, 1.54) is 38.5 Å². The van der Waals surface area contributed by atoms with E-state index in [1.807, 2.05) is 0 Å². The number of ether oxygens (including phenoxy) is 3. The maximum Gasteiger partial charge on any atom is 0.333 e. The smallest absolute Gasteiger partial charge is 0.333 e. The first-order chi connectivity index (χ1) is 16.8. The summed E-state index contributed by atoms with van der Waals surface area (Å²) in [5.74, 6) is -1.36. The fourth-order valence-electron chi connectivity index (χ4n) is 3.12. The lowest BCUT2D eigenvalue weighted by atomic mass is 10.1. The van der Waals surface area contributed by atoms with E-state index in [0.29, 0.717) is 17.6 Å². The summed E-state index contributed by atoms with van der Waals surface area (Å²) in [7, 11) is 0. The Morgan fingerprint density at radius 1 is 0.686 bits per heavy atom. The van der Waals surface area contributed by atoms with Crippen LogP contribution in [0.1, 0.15) is 112 Å². The molecule has 0 saturated heterocycles. The summed E-state index contributed by atoms with van der Waals surface area (Å²) < 4.78 is 15.8. The van der Waals surface area contributed by atoms with Crippen LogP contribution in [0.3, 0.4) is 0 Å². The van der Waals surface area contributed by atoms with Gasteiger partial charge in [-0.25, -0.2) is 9.59 Å². The van der Waals surface area contributed by atoms with Crippen molar-refractivity contribution in [3.05, 3.63) is 35.5 Å². The largest absolute Gasteiger partial charge is 0.462 e. The second-order valence-electron chi connectivity index (χ2n) is 8.88. The Balaban J connectivity index is 4.14. The number of rotatable bonds is 20. The van der Waals surface area contributed by atoms with Crippen LogP contribution in [-0.4, -0.2) is 37.2 Å². The molecule has 200 valence electrons. The molecular formula is C29H48O6. The minimum atomic E-state index is -0.852. The van der Waals surface area contributed by atoms with Gasteiger partial charge in [-0.05, 0) is 59.8 Å².